The van der Waals surface area contributed by atoms with Gasteiger partial charge in [0.15, 0.2) is 0 Å². The number of benzene rings is 1. The maximum absolute atomic E-state index is 12.4. The van der Waals surface area contributed by atoms with E-state index in [0.717, 1.165) is 16.9 Å². The van der Waals surface area contributed by atoms with Crippen LogP contribution in [0.5, 0.6) is 5.75 Å². The molecule has 0 spiro atoms. The van der Waals surface area contributed by atoms with Gasteiger partial charge in [-0.1, -0.05) is 18.2 Å². The lowest BCUT2D eigenvalue weighted by Gasteiger charge is -2.08. The van der Waals surface area contributed by atoms with Crippen LogP contribution >= 0.6 is 0 Å². The molecule has 0 fully saturated rings. The number of nitrogens with one attached hydrogen (secondary N) is 2. The number of rotatable bonds is 8. The number of methoxy groups -OCH3 is 1. The summed E-state index contributed by atoms with van der Waals surface area (Å²) in [6, 6.07) is 14.4. The van der Waals surface area contributed by atoms with Crippen molar-refractivity contribution >= 4 is 11.8 Å². The van der Waals surface area contributed by atoms with Gasteiger partial charge in [-0.15, -0.1) is 0 Å². The molecule has 0 aliphatic carbocycles. The molecule has 148 valence electrons. The SMILES string of the molecule is COc1cccc(CCNC(=O)c2cc(C(=O)NCc3cccnc3)ccn2)c1. The Morgan fingerprint density at radius 3 is 2.62 bits per heavy atom. The molecule has 3 aromatic rings. The minimum atomic E-state index is -0.324. The van der Waals surface area contributed by atoms with Gasteiger partial charge in [-0.05, 0) is 47.9 Å². The summed E-state index contributed by atoms with van der Waals surface area (Å²) in [5.74, 6) is 0.178. The highest BCUT2D eigenvalue weighted by atomic mass is 16.5. The third-order valence-electron chi connectivity index (χ3n) is 4.26. The number of pyridine rings is 2. The molecule has 29 heavy (non-hydrogen) atoms. The molecule has 2 amide bonds. The summed E-state index contributed by atoms with van der Waals surface area (Å²) in [7, 11) is 1.62. The normalized spacial score (nSPS) is 10.2. The van der Waals surface area contributed by atoms with Crippen molar-refractivity contribution in [1.29, 1.82) is 0 Å². The molecule has 1 aromatic carbocycles. The van der Waals surface area contributed by atoms with E-state index in [1.807, 2.05) is 36.4 Å². The van der Waals surface area contributed by atoms with Crippen LogP contribution in [0.4, 0.5) is 0 Å². The van der Waals surface area contributed by atoms with Crippen LogP contribution < -0.4 is 15.4 Å². The van der Waals surface area contributed by atoms with Crippen molar-refractivity contribution in [3.8, 4) is 5.75 Å². The second-order valence-electron chi connectivity index (χ2n) is 6.33. The molecule has 0 saturated carbocycles. The Balaban J connectivity index is 1.53. The van der Waals surface area contributed by atoms with Crippen molar-refractivity contribution in [2.24, 2.45) is 0 Å². The second-order valence-corrected chi connectivity index (χ2v) is 6.33. The van der Waals surface area contributed by atoms with Gasteiger partial charge >= 0.3 is 0 Å². The summed E-state index contributed by atoms with van der Waals surface area (Å²) in [5.41, 5.74) is 2.53. The molecule has 0 saturated heterocycles. The van der Waals surface area contributed by atoms with Crippen LogP contribution in [0, 0.1) is 0 Å². The monoisotopic (exact) mass is 390 g/mol. The van der Waals surface area contributed by atoms with Crippen LogP contribution in [0.25, 0.3) is 0 Å². The summed E-state index contributed by atoms with van der Waals surface area (Å²) in [5, 5.41) is 5.63. The number of amides is 2. The van der Waals surface area contributed by atoms with E-state index in [9.17, 15) is 9.59 Å². The summed E-state index contributed by atoms with van der Waals surface area (Å²) < 4.78 is 5.20. The van der Waals surface area contributed by atoms with Crippen molar-refractivity contribution in [1.82, 2.24) is 20.6 Å². The maximum Gasteiger partial charge on any atom is 0.269 e. The minimum absolute atomic E-state index is 0.199. The van der Waals surface area contributed by atoms with Gasteiger partial charge in [0.25, 0.3) is 11.8 Å². The number of hydrogen-bond acceptors (Lipinski definition) is 5. The van der Waals surface area contributed by atoms with E-state index in [4.69, 9.17) is 4.74 Å². The van der Waals surface area contributed by atoms with Gasteiger partial charge in [-0.25, -0.2) is 0 Å². The number of carbonyl (C=O) groups excluding carboxylic acids is 2. The Labute approximate surface area is 169 Å². The zero-order chi connectivity index (χ0) is 20.5. The molecule has 0 unspecified atom stereocenters. The Hall–Kier alpha value is -3.74. The summed E-state index contributed by atoms with van der Waals surface area (Å²) in [6.45, 7) is 0.808. The number of ether oxygens (including phenoxy) is 1. The first kappa shape index (κ1) is 20.0. The minimum Gasteiger partial charge on any atom is -0.497 e. The number of hydrogen-bond donors (Lipinski definition) is 2. The topological polar surface area (TPSA) is 93.2 Å². The van der Waals surface area contributed by atoms with E-state index in [1.54, 1.807) is 25.6 Å². The van der Waals surface area contributed by atoms with Gasteiger partial charge in [0.2, 0.25) is 0 Å². The Morgan fingerprint density at radius 2 is 1.83 bits per heavy atom. The third-order valence-corrected chi connectivity index (χ3v) is 4.26. The predicted octanol–water partition coefficient (Wildman–Crippen LogP) is 2.39. The van der Waals surface area contributed by atoms with E-state index in [0.29, 0.717) is 25.1 Å². The lowest BCUT2D eigenvalue weighted by atomic mass is 10.1. The number of aromatic nitrogens is 2. The van der Waals surface area contributed by atoms with Crippen LogP contribution in [0.3, 0.4) is 0 Å². The Bertz CT molecular complexity index is 977. The molecule has 2 N–H and O–H groups in total. The van der Waals surface area contributed by atoms with Crippen molar-refractivity contribution in [2.75, 3.05) is 13.7 Å². The van der Waals surface area contributed by atoms with Gasteiger partial charge < -0.3 is 15.4 Å². The fraction of sp³-hybridized carbons (Fsp3) is 0.182. The third kappa shape index (κ3) is 5.87. The van der Waals surface area contributed by atoms with E-state index in [-0.39, 0.29) is 17.5 Å². The van der Waals surface area contributed by atoms with E-state index in [2.05, 4.69) is 20.6 Å². The zero-order valence-corrected chi connectivity index (χ0v) is 16.1. The molecule has 0 aliphatic rings. The molecule has 0 atom stereocenters. The number of nitrogens with zero attached hydrogens (tertiary/aromatic N) is 2. The van der Waals surface area contributed by atoms with E-state index in [1.165, 1.54) is 12.3 Å². The maximum atomic E-state index is 12.4. The standard InChI is InChI=1S/C22H22N4O3/c1-29-19-6-2-4-16(12-19)7-10-25-22(28)20-13-18(8-11-24-20)21(27)26-15-17-5-3-9-23-14-17/h2-6,8-9,11-14H,7,10,15H2,1H3,(H,25,28)(H,26,27). The van der Waals surface area contributed by atoms with E-state index >= 15 is 0 Å². The van der Waals surface area contributed by atoms with Crippen molar-refractivity contribution < 1.29 is 14.3 Å². The quantitative estimate of drug-likeness (QED) is 0.616. The lowest BCUT2D eigenvalue weighted by molar-refractivity contribution is 0.0949. The van der Waals surface area contributed by atoms with Crippen molar-refractivity contribution in [3.05, 3.63) is 89.5 Å². The van der Waals surface area contributed by atoms with Gasteiger partial charge in [0.05, 0.1) is 7.11 Å². The Kier molecular flexibility index (Phi) is 6.89. The molecule has 0 bridgehead atoms. The van der Waals surface area contributed by atoms with Gasteiger partial charge in [-0.3, -0.25) is 19.6 Å². The zero-order valence-electron chi connectivity index (χ0n) is 16.1. The van der Waals surface area contributed by atoms with Crippen LogP contribution in [-0.2, 0) is 13.0 Å². The molecular weight excluding hydrogens is 368 g/mol. The summed E-state index contributed by atoms with van der Waals surface area (Å²) in [4.78, 5) is 32.8. The molecule has 2 aromatic heterocycles. The van der Waals surface area contributed by atoms with Crippen molar-refractivity contribution in [3.63, 3.8) is 0 Å². The smallest absolute Gasteiger partial charge is 0.269 e. The largest absolute Gasteiger partial charge is 0.497 e. The summed E-state index contributed by atoms with van der Waals surface area (Å²) >= 11 is 0. The molecule has 0 aliphatic heterocycles. The average Bonchev–Trinajstić information content (AvgIpc) is 2.78. The molecule has 2 heterocycles. The van der Waals surface area contributed by atoms with E-state index < -0.39 is 0 Å². The molecule has 3 rings (SSSR count). The fourth-order valence-electron chi connectivity index (χ4n) is 2.72. The van der Waals surface area contributed by atoms with Crippen LogP contribution in [0.15, 0.2) is 67.1 Å². The first-order chi connectivity index (χ1) is 14.2. The first-order valence-corrected chi connectivity index (χ1v) is 9.20. The first-order valence-electron chi connectivity index (χ1n) is 9.20. The van der Waals surface area contributed by atoms with Gasteiger partial charge in [-0.2, -0.15) is 0 Å². The van der Waals surface area contributed by atoms with Gasteiger partial charge in [0.1, 0.15) is 11.4 Å². The van der Waals surface area contributed by atoms with Crippen molar-refractivity contribution in [2.45, 2.75) is 13.0 Å². The highest BCUT2D eigenvalue weighted by Crippen LogP contribution is 2.12. The average molecular weight is 390 g/mol. The van der Waals surface area contributed by atoms with Crippen LogP contribution in [0.2, 0.25) is 0 Å². The Morgan fingerprint density at radius 1 is 0.966 bits per heavy atom. The molecule has 7 nitrogen and oxygen atoms in total. The highest BCUT2D eigenvalue weighted by molar-refractivity contribution is 5.98. The molecule has 7 heteroatoms. The molecule has 0 radical (unpaired) electrons. The second kappa shape index (κ2) is 9.98. The fourth-order valence-corrected chi connectivity index (χ4v) is 2.72. The van der Waals surface area contributed by atoms with Gasteiger partial charge in [0, 0.05) is 37.2 Å². The molecular formula is C22H22N4O3. The van der Waals surface area contributed by atoms with Crippen LogP contribution in [-0.4, -0.2) is 35.4 Å². The predicted molar refractivity (Wildman–Crippen MR) is 109 cm³/mol. The lowest BCUT2D eigenvalue weighted by Crippen LogP contribution is -2.28. The van der Waals surface area contributed by atoms with Crippen LogP contribution in [0.1, 0.15) is 32.0 Å². The highest BCUT2D eigenvalue weighted by Gasteiger charge is 2.11. The number of carbonyl (C=O) groups is 2. The summed E-state index contributed by atoms with van der Waals surface area (Å²) in [6.07, 6.45) is 5.48.